The number of benzene rings is 1. The fourth-order valence-corrected chi connectivity index (χ4v) is 2.57. The summed E-state index contributed by atoms with van der Waals surface area (Å²) in [5, 5.41) is 20.0. The topological polar surface area (TPSA) is 128 Å². The summed E-state index contributed by atoms with van der Waals surface area (Å²) >= 11 is 0. The molecule has 2 N–H and O–H groups in total. The first kappa shape index (κ1) is 21.8. The van der Waals surface area contributed by atoms with Crippen LogP contribution in [0.3, 0.4) is 0 Å². The van der Waals surface area contributed by atoms with E-state index in [1.807, 2.05) is 0 Å². The van der Waals surface area contributed by atoms with E-state index in [-0.39, 0.29) is 35.0 Å². The fourth-order valence-electron chi connectivity index (χ4n) is 2.57. The summed E-state index contributed by atoms with van der Waals surface area (Å²) in [5.74, 6) is -1.24. The average Bonchev–Trinajstić information content (AvgIpc) is 2.82. The van der Waals surface area contributed by atoms with Crippen LogP contribution in [-0.4, -0.2) is 32.3 Å². The molecule has 11 heteroatoms. The Morgan fingerprint density at radius 1 is 1.24 bits per heavy atom. The second kappa shape index (κ2) is 8.25. The number of nitro groups is 1. The molecule has 0 spiro atoms. The Hall–Kier alpha value is -3.50. The first-order valence-corrected chi connectivity index (χ1v) is 8.65. The Balaban J connectivity index is 2.18. The van der Waals surface area contributed by atoms with Gasteiger partial charge < -0.3 is 10.1 Å². The third kappa shape index (κ3) is 5.74. The second-order valence-corrected chi connectivity index (χ2v) is 7.30. The van der Waals surface area contributed by atoms with Crippen molar-refractivity contribution in [1.82, 2.24) is 9.78 Å². The molecule has 1 heterocycles. The van der Waals surface area contributed by atoms with E-state index in [0.29, 0.717) is 0 Å². The molecule has 0 atom stereocenters. The van der Waals surface area contributed by atoms with Crippen LogP contribution in [-0.2, 0) is 16.1 Å². The number of hydrogen-bond acceptors (Lipinski definition) is 6. The third-order valence-electron chi connectivity index (χ3n) is 3.71. The maximum Gasteiger partial charge on any atom is 0.412 e. The van der Waals surface area contributed by atoms with Crippen LogP contribution >= 0.6 is 0 Å². The van der Waals surface area contributed by atoms with E-state index in [0.717, 1.165) is 12.1 Å². The van der Waals surface area contributed by atoms with Crippen LogP contribution in [0.1, 0.15) is 32.2 Å². The normalized spacial score (nSPS) is 11.1. The predicted octanol–water partition coefficient (Wildman–Crippen LogP) is 3.53. The number of nitrogens with one attached hydrogen (secondary N) is 2. The van der Waals surface area contributed by atoms with Crippen molar-refractivity contribution in [3.05, 3.63) is 45.5 Å². The average molecular weight is 407 g/mol. The van der Waals surface area contributed by atoms with Gasteiger partial charge in [-0.05, 0) is 52.8 Å². The van der Waals surface area contributed by atoms with E-state index < -0.39 is 28.3 Å². The number of aromatic nitrogens is 2. The van der Waals surface area contributed by atoms with Gasteiger partial charge in [0.05, 0.1) is 16.3 Å². The summed E-state index contributed by atoms with van der Waals surface area (Å²) in [5.41, 5.74) is -0.369. The Morgan fingerprint density at radius 3 is 2.45 bits per heavy atom. The molecule has 1 aromatic heterocycles. The zero-order valence-corrected chi connectivity index (χ0v) is 16.7. The molecular formula is C18H22FN5O5. The Morgan fingerprint density at radius 2 is 1.90 bits per heavy atom. The molecule has 0 bridgehead atoms. The van der Waals surface area contributed by atoms with Gasteiger partial charge in [-0.25, -0.2) is 9.18 Å². The largest absolute Gasteiger partial charge is 0.444 e. The number of carbonyl (C=O) groups excluding carboxylic acids is 2. The van der Waals surface area contributed by atoms with Crippen LogP contribution in [0.5, 0.6) is 0 Å². The standard InChI is InChI=1S/C18H22FN5O5/c1-10-16(24(27)28)11(2)23(22-10)9-15(25)20-14-8-12(19)6-7-13(14)21-17(26)29-18(3,4)5/h6-8H,9H2,1-5H3,(H,20,25)(H,21,26). The minimum atomic E-state index is -0.770. The van der Waals surface area contributed by atoms with Gasteiger partial charge in [-0.15, -0.1) is 0 Å². The lowest BCUT2D eigenvalue weighted by molar-refractivity contribution is -0.386. The quantitative estimate of drug-likeness (QED) is 0.576. The smallest absolute Gasteiger partial charge is 0.412 e. The SMILES string of the molecule is Cc1nn(CC(=O)Nc2cc(F)ccc2NC(=O)OC(C)(C)C)c(C)c1[N+](=O)[O-]. The van der Waals surface area contributed by atoms with Gasteiger partial charge in [-0.1, -0.05) is 0 Å². The number of anilines is 2. The molecule has 0 radical (unpaired) electrons. The molecule has 1 aromatic carbocycles. The van der Waals surface area contributed by atoms with Gasteiger partial charge in [0.1, 0.15) is 29.4 Å². The molecule has 2 amide bonds. The molecular weight excluding hydrogens is 385 g/mol. The summed E-state index contributed by atoms with van der Waals surface area (Å²) in [6.07, 6.45) is -0.770. The van der Waals surface area contributed by atoms with E-state index >= 15 is 0 Å². The van der Waals surface area contributed by atoms with Gasteiger partial charge in [0.2, 0.25) is 5.91 Å². The molecule has 0 fully saturated rings. The highest BCUT2D eigenvalue weighted by Gasteiger charge is 2.23. The molecule has 0 saturated heterocycles. The number of ether oxygens (including phenoxy) is 1. The predicted molar refractivity (Wildman–Crippen MR) is 103 cm³/mol. The first-order chi connectivity index (χ1) is 13.4. The minimum absolute atomic E-state index is 0.0110. The second-order valence-electron chi connectivity index (χ2n) is 7.30. The summed E-state index contributed by atoms with van der Waals surface area (Å²) in [6.45, 7) is 7.68. The van der Waals surface area contributed by atoms with E-state index in [2.05, 4.69) is 15.7 Å². The maximum atomic E-state index is 13.7. The van der Waals surface area contributed by atoms with E-state index in [9.17, 15) is 24.1 Å². The molecule has 0 aliphatic heterocycles. The lowest BCUT2D eigenvalue weighted by atomic mass is 10.2. The number of aryl methyl sites for hydroxylation is 1. The molecule has 0 aliphatic carbocycles. The molecule has 2 aromatic rings. The van der Waals surface area contributed by atoms with Gasteiger partial charge in [-0.2, -0.15) is 5.10 Å². The van der Waals surface area contributed by atoms with Crippen LogP contribution in [0, 0.1) is 29.8 Å². The molecule has 156 valence electrons. The number of amides is 2. The van der Waals surface area contributed by atoms with Gasteiger partial charge in [0.15, 0.2) is 0 Å². The molecule has 2 rings (SSSR count). The van der Waals surface area contributed by atoms with Crippen LogP contribution in [0.4, 0.5) is 26.2 Å². The van der Waals surface area contributed by atoms with Crippen molar-refractivity contribution in [3.8, 4) is 0 Å². The van der Waals surface area contributed by atoms with Crippen molar-refractivity contribution in [2.75, 3.05) is 10.6 Å². The van der Waals surface area contributed by atoms with Crippen molar-refractivity contribution in [2.45, 2.75) is 46.8 Å². The number of hydrogen-bond donors (Lipinski definition) is 2. The highest BCUT2D eigenvalue weighted by Crippen LogP contribution is 2.25. The number of halogens is 1. The Kier molecular flexibility index (Phi) is 6.20. The fraction of sp³-hybridized carbons (Fsp3) is 0.389. The number of nitrogens with zero attached hydrogens (tertiary/aromatic N) is 3. The maximum absolute atomic E-state index is 13.7. The molecule has 10 nitrogen and oxygen atoms in total. The lowest BCUT2D eigenvalue weighted by Gasteiger charge is -2.20. The van der Waals surface area contributed by atoms with Crippen LogP contribution < -0.4 is 10.6 Å². The van der Waals surface area contributed by atoms with Crippen molar-refractivity contribution in [3.63, 3.8) is 0 Å². The summed E-state index contributed by atoms with van der Waals surface area (Å²) in [6, 6.07) is 3.43. The zero-order valence-electron chi connectivity index (χ0n) is 16.7. The molecule has 29 heavy (non-hydrogen) atoms. The lowest BCUT2D eigenvalue weighted by Crippen LogP contribution is -2.28. The van der Waals surface area contributed by atoms with Gasteiger partial charge in [0, 0.05) is 0 Å². The molecule has 0 aliphatic rings. The summed E-state index contributed by atoms with van der Waals surface area (Å²) < 4.78 is 20.0. The van der Waals surface area contributed by atoms with Crippen molar-refractivity contribution in [1.29, 1.82) is 0 Å². The van der Waals surface area contributed by atoms with Gasteiger partial charge in [0.25, 0.3) is 0 Å². The highest BCUT2D eigenvalue weighted by atomic mass is 19.1. The number of carbonyl (C=O) groups is 2. The number of rotatable bonds is 5. The Bertz CT molecular complexity index is 964. The van der Waals surface area contributed by atoms with Crippen LogP contribution in [0.15, 0.2) is 18.2 Å². The van der Waals surface area contributed by atoms with Gasteiger partial charge in [-0.3, -0.25) is 24.9 Å². The van der Waals surface area contributed by atoms with Crippen molar-refractivity contribution < 1.29 is 23.6 Å². The minimum Gasteiger partial charge on any atom is -0.444 e. The summed E-state index contributed by atoms with van der Waals surface area (Å²) in [4.78, 5) is 34.9. The zero-order chi connectivity index (χ0) is 21.9. The van der Waals surface area contributed by atoms with Crippen LogP contribution in [0.25, 0.3) is 0 Å². The summed E-state index contributed by atoms with van der Waals surface area (Å²) in [7, 11) is 0. The van der Waals surface area contributed by atoms with Crippen molar-refractivity contribution in [2.24, 2.45) is 0 Å². The van der Waals surface area contributed by atoms with E-state index in [1.165, 1.54) is 24.6 Å². The molecule has 0 unspecified atom stereocenters. The van der Waals surface area contributed by atoms with Crippen molar-refractivity contribution >= 4 is 29.1 Å². The van der Waals surface area contributed by atoms with Crippen LogP contribution in [0.2, 0.25) is 0 Å². The van der Waals surface area contributed by atoms with Gasteiger partial charge >= 0.3 is 11.8 Å². The monoisotopic (exact) mass is 407 g/mol. The highest BCUT2D eigenvalue weighted by molar-refractivity contribution is 5.97. The van der Waals surface area contributed by atoms with E-state index in [1.54, 1.807) is 20.8 Å². The first-order valence-electron chi connectivity index (χ1n) is 8.65. The third-order valence-corrected chi connectivity index (χ3v) is 3.71. The Labute approximate surface area is 166 Å². The van der Waals surface area contributed by atoms with E-state index in [4.69, 9.17) is 4.74 Å². The molecule has 0 saturated carbocycles.